The fourth-order valence-electron chi connectivity index (χ4n) is 0.920. The molecule has 0 aromatic rings. The lowest BCUT2D eigenvalue weighted by molar-refractivity contribution is 0.725. The molecule has 0 radical (unpaired) electrons. The number of hydrogen-bond donors (Lipinski definition) is 1. The largest absolute Gasteiger partial charge is 0.317 e. The first-order chi connectivity index (χ1) is 5.91. The Morgan fingerprint density at radius 2 is 2.08 bits per heavy atom. The molecule has 68 valence electrons. The molecule has 0 rings (SSSR count). The molecular weight excluding hydrogens is 146 g/mol. The molecule has 0 unspecified atom stereocenters. The summed E-state index contributed by atoms with van der Waals surface area (Å²) in [5.41, 5.74) is 0. The van der Waals surface area contributed by atoms with Gasteiger partial charge in [-0.25, -0.2) is 0 Å². The van der Waals surface area contributed by atoms with Crippen LogP contribution in [0.15, 0.2) is 12.2 Å². The summed E-state index contributed by atoms with van der Waals surface area (Å²) >= 11 is 0. The Hall–Kier alpha value is -0.740. The van der Waals surface area contributed by atoms with Crippen LogP contribution in [0.25, 0.3) is 0 Å². The molecule has 0 aliphatic heterocycles. The van der Waals surface area contributed by atoms with E-state index in [0.29, 0.717) is 0 Å². The quantitative estimate of drug-likeness (QED) is 0.347. The number of unbranched alkanes of at least 4 members (excludes halogenated alkanes) is 2. The third kappa shape index (κ3) is 9.26. The molecule has 0 fully saturated rings. The standard InChI is InChI=1S/C11H19N/c1-3-5-6-7-8-9-10-11-12-4-2/h1,8-9,12H,4-7,10-11H2,2H3/b9-8+. The predicted molar refractivity (Wildman–Crippen MR) is 55.0 cm³/mol. The average molecular weight is 165 g/mol. The van der Waals surface area contributed by atoms with Crippen LogP contribution in [-0.2, 0) is 0 Å². The smallest absolute Gasteiger partial charge is 0.00890 e. The van der Waals surface area contributed by atoms with Gasteiger partial charge in [0.25, 0.3) is 0 Å². The Balaban J connectivity index is 2.99. The van der Waals surface area contributed by atoms with Crippen molar-refractivity contribution in [3.05, 3.63) is 12.2 Å². The fraction of sp³-hybridized carbons (Fsp3) is 0.636. The molecule has 0 atom stereocenters. The third-order valence-electron chi connectivity index (χ3n) is 1.60. The van der Waals surface area contributed by atoms with E-state index in [0.717, 1.165) is 38.8 Å². The first-order valence-corrected chi connectivity index (χ1v) is 4.71. The lowest BCUT2D eigenvalue weighted by Crippen LogP contribution is -2.12. The van der Waals surface area contributed by atoms with Crippen LogP contribution in [0.3, 0.4) is 0 Å². The minimum Gasteiger partial charge on any atom is -0.317 e. The van der Waals surface area contributed by atoms with Crippen molar-refractivity contribution < 1.29 is 0 Å². The van der Waals surface area contributed by atoms with Crippen molar-refractivity contribution >= 4 is 0 Å². The van der Waals surface area contributed by atoms with Gasteiger partial charge >= 0.3 is 0 Å². The van der Waals surface area contributed by atoms with E-state index in [4.69, 9.17) is 6.42 Å². The molecule has 1 N–H and O–H groups in total. The minimum atomic E-state index is 0.900. The van der Waals surface area contributed by atoms with Crippen molar-refractivity contribution in [3.63, 3.8) is 0 Å². The molecule has 0 aliphatic carbocycles. The van der Waals surface area contributed by atoms with E-state index in [2.05, 4.69) is 30.3 Å². The number of rotatable bonds is 7. The lowest BCUT2D eigenvalue weighted by atomic mass is 10.2. The molecule has 0 aliphatic rings. The van der Waals surface area contributed by atoms with Crippen molar-refractivity contribution in [2.45, 2.75) is 32.6 Å². The van der Waals surface area contributed by atoms with Crippen LogP contribution in [0.2, 0.25) is 0 Å². The summed E-state index contributed by atoms with van der Waals surface area (Å²) < 4.78 is 0. The number of hydrogen-bond acceptors (Lipinski definition) is 1. The third-order valence-corrected chi connectivity index (χ3v) is 1.60. The molecule has 1 nitrogen and oxygen atoms in total. The monoisotopic (exact) mass is 165 g/mol. The summed E-state index contributed by atoms with van der Waals surface area (Å²) in [6.45, 7) is 4.27. The highest BCUT2D eigenvalue weighted by Gasteiger charge is 1.80. The second kappa shape index (κ2) is 10.3. The molecule has 0 spiro atoms. The number of allylic oxidation sites excluding steroid dienone is 1. The van der Waals surface area contributed by atoms with Crippen LogP contribution in [0.4, 0.5) is 0 Å². The summed E-state index contributed by atoms with van der Waals surface area (Å²) in [5.74, 6) is 2.63. The highest BCUT2D eigenvalue weighted by Crippen LogP contribution is 1.95. The first-order valence-electron chi connectivity index (χ1n) is 4.71. The maximum absolute atomic E-state index is 5.12. The average Bonchev–Trinajstić information content (AvgIpc) is 2.10. The molecule has 0 heterocycles. The molecule has 0 aromatic carbocycles. The van der Waals surface area contributed by atoms with Crippen LogP contribution >= 0.6 is 0 Å². The summed E-state index contributed by atoms with van der Waals surface area (Å²) in [6.07, 6.45) is 13.8. The van der Waals surface area contributed by atoms with Crippen LogP contribution in [0.5, 0.6) is 0 Å². The van der Waals surface area contributed by atoms with Crippen molar-refractivity contribution in [3.8, 4) is 12.3 Å². The van der Waals surface area contributed by atoms with Gasteiger partial charge in [-0.15, -0.1) is 12.3 Å². The zero-order valence-electron chi connectivity index (χ0n) is 7.97. The highest BCUT2D eigenvalue weighted by molar-refractivity contribution is 4.87. The number of nitrogens with one attached hydrogen (secondary N) is 1. The maximum Gasteiger partial charge on any atom is 0.00890 e. The van der Waals surface area contributed by atoms with Gasteiger partial charge in [0.2, 0.25) is 0 Å². The summed E-state index contributed by atoms with van der Waals surface area (Å²) in [5, 5.41) is 3.27. The predicted octanol–water partition coefficient (Wildman–Crippen LogP) is 2.35. The second-order valence-electron chi connectivity index (χ2n) is 2.71. The van der Waals surface area contributed by atoms with Crippen molar-refractivity contribution in [1.29, 1.82) is 0 Å². The summed E-state index contributed by atoms with van der Waals surface area (Å²) in [4.78, 5) is 0. The zero-order valence-corrected chi connectivity index (χ0v) is 7.97. The van der Waals surface area contributed by atoms with Gasteiger partial charge in [0.15, 0.2) is 0 Å². The van der Waals surface area contributed by atoms with Crippen molar-refractivity contribution in [2.75, 3.05) is 13.1 Å². The Labute approximate surface area is 76.2 Å². The van der Waals surface area contributed by atoms with Crippen LogP contribution < -0.4 is 5.32 Å². The van der Waals surface area contributed by atoms with Crippen LogP contribution in [-0.4, -0.2) is 13.1 Å². The van der Waals surface area contributed by atoms with E-state index in [-0.39, 0.29) is 0 Å². The van der Waals surface area contributed by atoms with E-state index in [1.54, 1.807) is 0 Å². The van der Waals surface area contributed by atoms with Crippen LogP contribution in [0.1, 0.15) is 32.6 Å². The minimum absolute atomic E-state index is 0.900. The Morgan fingerprint density at radius 1 is 1.33 bits per heavy atom. The molecular formula is C11H19N. The number of terminal acetylenes is 1. The molecule has 0 saturated carbocycles. The van der Waals surface area contributed by atoms with Crippen LogP contribution in [0, 0.1) is 12.3 Å². The van der Waals surface area contributed by atoms with Gasteiger partial charge < -0.3 is 5.32 Å². The maximum atomic E-state index is 5.12. The molecule has 0 aromatic heterocycles. The van der Waals surface area contributed by atoms with E-state index in [9.17, 15) is 0 Å². The van der Waals surface area contributed by atoms with Gasteiger partial charge in [0.1, 0.15) is 0 Å². The van der Waals surface area contributed by atoms with Gasteiger partial charge in [0, 0.05) is 6.42 Å². The van der Waals surface area contributed by atoms with E-state index < -0.39 is 0 Å². The molecule has 0 amide bonds. The van der Waals surface area contributed by atoms with E-state index >= 15 is 0 Å². The molecule has 12 heavy (non-hydrogen) atoms. The SMILES string of the molecule is C#CCCC/C=C/CCNCC. The first kappa shape index (κ1) is 11.3. The topological polar surface area (TPSA) is 12.0 Å². The summed E-state index contributed by atoms with van der Waals surface area (Å²) in [7, 11) is 0. The van der Waals surface area contributed by atoms with Gasteiger partial charge in [-0.3, -0.25) is 0 Å². The van der Waals surface area contributed by atoms with Gasteiger partial charge in [-0.2, -0.15) is 0 Å². The van der Waals surface area contributed by atoms with Crippen molar-refractivity contribution in [1.82, 2.24) is 5.32 Å². The highest BCUT2D eigenvalue weighted by atomic mass is 14.8. The Morgan fingerprint density at radius 3 is 2.75 bits per heavy atom. The summed E-state index contributed by atoms with van der Waals surface area (Å²) in [6, 6.07) is 0. The zero-order chi connectivity index (χ0) is 9.07. The molecule has 0 saturated heterocycles. The second-order valence-corrected chi connectivity index (χ2v) is 2.71. The normalized spacial score (nSPS) is 10.3. The Bertz CT molecular complexity index is 142. The Kier molecular flexibility index (Phi) is 9.63. The van der Waals surface area contributed by atoms with E-state index in [1.807, 2.05) is 0 Å². The fourth-order valence-corrected chi connectivity index (χ4v) is 0.920. The molecule has 1 heteroatoms. The lowest BCUT2D eigenvalue weighted by Gasteiger charge is -1.95. The van der Waals surface area contributed by atoms with Gasteiger partial charge in [-0.1, -0.05) is 19.1 Å². The molecule has 0 bridgehead atoms. The van der Waals surface area contributed by atoms with E-state index in [1.165, 1.54) is 0 Å². The van der Waals surface area contributed by atoms with Crippen molar-refractivity contribution in [2.24, 2.45) is 0 Å². The van der Waals surface area contributed by atoms with Gasteiger partial charge in [-0.05, 0) is 32.4 Å². The van der Waals surface area contributed by atoms with Gasteiger partial charge in [0.05, 0.1) is 0 Å².